The highest BCUT2D eigenvalue weighted by Gasteiger charge is 2.15. The summed E-state index contributed by atoms with van der Waals surface area (Å²) in [7, 11) is 0. The highest BCUT2D eigenvalue weighted by Crippen LogP contribution is 2.18. The number of carbonyl (C=O) groups excluding carboxylic acids is 2. The minimum atomic E-state index is -1.04. The molecule has 2 rings (SSSR count). The van der Waals surface area contributed by atoms with Crippen molar-refractivity contribution in [2.75, 3.05) is 6.61 Å². The summed E-state index contributed by atoms with van der Waals surface area (Å²) in [5, 5.41) is 14.0. The quantitative estimate of drug-likeness (QED) is 0.338. The molecule has 10 nitrogen and oxygen atoms in total. The first-order valence-electron chi connectivity index (χ1n) is 6.71. The average Bonchev–Trinajstić information content (AvgIpc) is 3.03. The molecule has 0 amide bonds. The molecule has 0 saturated carbocycles. The van der Waals surface area contributed by atoms with E-state index in [1.165, 1.54) is 30.3 Å². The lowest BCUT2D eigenvalue weighted by molar-refractivity contribution is -0.384. The van der Waals surface area contributed by atoms with Crippen molar-refractivity contribution < 1.29 is 33.2 Å². The summed E-state index contributed by atoms with van der Waals surface area (Å²) in [4.78, 5) is 32.8. The fraction of sp³-hybridized carbons (Fsp3) is 0.214. The molecule has 1 aromatic carbocycles. The molecule has 0 aliphatic heterocycles. The molecule has 0 bridgehead atoms. The highest BCUT2D eigenvalue weighted by molar-refractivity contribution is 5.87. The number of hydrogen-bond acceptors (Lipinski definition) is 9. The first-order chi connectivity index (χ1) is 11.5. The lowest BCUT2D eigenvalue weighted by Crippen LogP contribution is -2.10. The zero-order valence-corrected chi connectivity index (χ0v) is 12.5. The first-order valence-corrected chi connectivity index (χ1v) is 6.71. The van der Waals surface area contributed by atoms with E-state index in [9.17, 15) is 19.7 Å². The van der Waals surface area contributed by atoms with E-state index >= 15 is 0 Å². The van der Waals surface area contributed by atoms with Crippen LogP contribution in [0, 0.1) is 10.1 Å². The van der Waals surface area contributed by atoms with E-state index in [0.29, 0.717) is 0 Å². The van der Waals surface area contributed by atoms with Gasteiger partial charge in [-0.25, -0.2) is 9.59 Å². The van der Waals surface area contributed by atoms with Gasteiger partial charge in [-0.15, -0.1) is 0 Å². The second-order valence-electron chi connectivity index (χ2n) is 4.29. The molecule has 0 spiro atoms. The molecule has 0 fully saturated rings. The summed E-state index contributed by atoms with van der Waals surface area (Å²) in [6.07, 6.45) is -1.04. The number of carbonyl (C=O) groups is 2. The molecule has 10 heteroatoms. The van der Waals surface area contributed by atoms with Gasteiger partial charge in [0.2, 0.25) is 0 Å². The van der Waals surface area contributed by atoms with Crippen LogP contribution in [0.4, 0.5) is 10.5 Å². The van der Waals surface area contributed by atoms with Gasteiger partial charge >= 0.3 is 12.1 Å². The predicted octanol–water partition coefficient (Wildman–Crippen LogP) is 2.48. The molecule has 1 aromatic heterocycles. The zero-order chi connectivity index (χ0) is 17.5. The minimum Gasteiger partial charge on any atom is -0.461 e. The predicted molar refractivity (Wildman–Crippen MR) is 76.4 cm³/mol. The highest BCUT2D eigenvalue weighted by atomic mass is 16.7. The SMILES string of the molecule is CCOC(=O)c1cc(COC(=O)Oc2ccc([N+](=O)[O-])cc2)on1. The van der Waals surface area contributed by atoms with Crippen LogP contribution in [-0.4, -0.2) is 28.8 Å². The Morgan fingerprint density at radius 2 is 1.96 bits per heavy atom. The van der Waals surface area contributed by atoms with E-state index in [2.05, 4.69) is 5.16 Å². The third kappa shape index (κ3) is 4.53. The Balaban J connectivity index is 1.84. The number of rotatable bonds is 6. The van der Waals surface area contributed by atoms with Crippen molar-refractivity contribution in [1.82, 2.24) is 5.16 Å². The van der Waals surface area contributed by atoms with Crippen LogP contribution in [0.15, 0.2) is 34.9 Å². The molecule has 0 unspecified atom stereocenters. The standard InChI is InChI=1S/C14H12N2O8/c1-2-21-13(17)12-7-11(24-15-12)8-22-14(18)23-10-5-3-9(4-6-10)16(19)20/h3-7H,2,8H2,1H3. The number of nitro benzene ring substituents is 1. The smallest absolute Gasteiger partial charge is 0.461 e. The maximum absolute atomic E-state index is 11.5. The number of non-ortho nitro benzene ring substituents is 1. The van der Waals surface area contributed by atoms with Crippen molar-refractivity contribution in [3.63, 3.8) is 0 Å². The Labute approximate surface area is 135 Å². The molecular formula is C14H12N2O8. The molecule has 0 atom stereocenters. The van der Waals surface area contributed by atoms with Gasteiger partial charge < -0.3 is 18.7 Å². The number of ether oxygens (including phenoxy) is 3. The van der Waals surface area contributed by atoms with E-state index in [0.717, 1.165) is 0 Å². The summed E-state index contributed by atoms with van der Waals surface area (Å²) in [5.74, 6) is -0.449. The number of nitrogens with zero attached hydrogens (tertiary/aromatic N) is 2. The van der Waals surface area contributed by atoms with Gasteiger partial charge in [-0.3, -0.25) is 10.1 Å². The van der Waals surface area contributed by atoms with Crippen LogP contribution in [-0.2, 0) is 16.1 Å². The lowest BCUT2D eigenvalue weighted by Gasteiger charge is -2.03. The van der Waals surface area contributed by atoms with E-state index in [-0.39, 0.29) is 36.1 Å². The Morgan fingerprint density at radius 1 is 1.25 bits per heavy atom. The first kappa shape index (κ1) is 16.9. The van der Waals surface area contributed by atoms with E-state index in [1.54, 1.807) is 6.92 Å². The monoisotopic (exact) mass is 336 g/mol. The zero-order valence-electron chi connectivity index (χ0n) is 12.5. The third-order valence-electron chi connectivity index (χ3n) is 2.62. The Kier molecular flexibility index (Phi) is 5.45. The van der Waals surface area contributed by atoms with Crippen LogP contribution < -0.4 is 4.74 Å². The maximum Gasteiger partial charge on any atom is 0.514 e. The van der Waals surface area contributed by atoms with Crippen molar-refractivity contribution in [3.8, 4) is 5.75 Å². The normalized spacial score (nSPS) is 10.0. The summed E-state index contributed by atoms with van der Waals surface area (Å²) in [5.41, 5.74) is -0.178. The van der Waals surface area contributed by atoms with Gasteiger partial charge in [-0.1, -0.05) is 5.16 Å². The topological polar surface area (TPSA) is 131 Å². The van der Waals surface area contributed by atoms with Gasteiger partial charge in [-0.2, -0.15) is 0 Å². The van der Waals surface area contributed by atoms with Crippen LogP contribution in [0.1, 0.15) is 23.2 Å². The largest absolute Gasteiger partial charge is 0.514 e. The van der Waals surface area contributed by atoms with E-state index in [1.807, 2.05) is 0 Å². The van der Waals surface area contributed by atoms with Gasteiger partial charge in [0.1, 0.15) is 5.75 Å². The Bertz CT molecular complexity index is 737. The molecule has 0 N–H and O–H groups in total. The summed E-state index contributed by atoms with van der Waals surface area (Å²) >= 11 is 0. The van der Waals surface area contributed by atoms with Gasteiger partial charge in [0.15, 0.2) is 18.1 Å². The minimum absolute atomic E-state index is 0.0424. The molecule has 0 radical (unpaired) electrons. The molecule has 2 aromatic rings. The number of nitro groups is 1. The number of benzene rings is 1. The lowest BCUT2D eigenvalue weighted by atomic mass is 10.3. The third-order valence-corrected chi connectivity index (χ3v) is 2.62. The molecule has 0 saturated heterocycles. The molecule has 1 heterocycles. The van der Waals surface area contributed by atoms with E-state index in [4.69, 9.17) is 18.7 Å². The van der Waals surface area contributed by atoms with Crippen LogP contribution in [0.2, 0.25) is 0 Å². The van der Waals surface area contributed by atoms with Crippen LogP contribution in [0.25, 0.3) is 0 Å². The average molecular weight is 336 g/mol. The molecule has 24 heavy (non-hydrogen) atoms. The molecular weight excluding hydrogens is 324 g/mol. The van der Waals surface area contributed by atoms with Crippen LogP contribution in [0.3, 0.4) is 0 Å². The van der Waals surface area contributed by atoms with Crippen molar-refractivity contribution in [2.24, 2.45) is 0 Å². The van der Waals surface area contributed by atoms with Gasteiger partial charge in [-0.05, 0) is 19.1 Å². The fourth-order valence-electron chi connectivity index (χ4n) is 1.57. The molecule has 126 valence electrons. The number of esters is 1. The fourth-order valence-corrected chi connectivity index (χ4v) is 1.57. The van der Waals surface area contributed by atoms with Crippen molar-refractivity contribution in [3.05, 3.63) is 51.9 Å². The summed E-state index contributed by atoms with van der Waals surface area (Å²) < 4.78 is 19.2. The van der Waals surface area contributed by atoms with Gasteiger partial charge in [0.25, 0.3) is 5.69 Å². The van der Waals surface area contributed by atoms with Gasteiger partial charge in [0.05, 0.1) is 11.5 Å². The van der Waals surface area contributed by atoms with Crippen molar-refractivity contribution in [1.29, 1.82) is 0 Å². The van der Waals surface area contributed by atoms with E-state index < -0.39 is 17.0 Å². The Hall–Kier alpha value is -3.43. The molecule has 0 aliphatic rings. The summed E-state index contributed by atoms with van der Waals surface area (Å²) in [6, 6.07) is 6.16. The second kappa shape index (κ2) is 7.72. The number of aromatic nitrogens is 1. The number of hydrogen-bond donors (Lipinski definition) is 0. The van der Waals surface area contributed by atoms with Crippen molar-refractivity contribution >= 4 is 17.8 Å². The molecule has 0 aliphatic carbocycles. The second-order valence-corrected chi connectivity index (χ2v) is 4.29. The maximum atomic E-state index is 11.5. The van der Waals surface area contributed by atoms with Crippen LogP contribution in [0.5, 0.6) is 5.75 Å². The Morgan fingerprint density at radius 3 is 2.58 bits per heavy atom. The van der Waals surface area contributed by atoms with Crippen molar-refractivity contribution in [2.45, 2.75) is 13.5 Å². The van der Waals surface area contributed by atoms with Gasteiger partial charge in [0, 0.05) is 18.2 Å². The summed E-state index contributed by atoms with van der Waals surface area (Å²) in [6.45, 7) is 1.54. The van der Waals surface area contributed by atoms with Crippen LogP contribution >= 0.6 is 0 Å².